The summed E-state index contributed by atoms with van der Waals surface area (Å²) in [5.41, 5.74) is -0.647. The third-order valence-corrected chi connectivity index (χ3v) is 5.31. The third-order valence-electron chi connectivity index (χ3n) is 4.68. The Kier molecular flexibility index (Phi) is 5.46. The molecule has 0 saturated carbocycles. The molecule has 140 valence electrons. The van der Waals surface area contributed by atoms with Crippen molar-refractivity contribution in [1.82, 2.24) is 0 Å². The number of ether oxygens (including phenoxy) is 1. The lowest BCUT2D eigenvalue weighted by Crippen LogP contribution is -2.67. The topological polar surface area (TPSA) is 89.9 Å². The van der Waals surface area contributed by atoms with Crippen LogP contribution in [0, 0.1) is 0 Å². The van der Waals surface area contributed by atoms with Gasteiger partial charge in [0.25, 0.3) is 10.1 Å². The average molecular weight is 372 g/mol. The number of nitrogens with zero attached hydrogens (tertiary/aromatic N) is 1. The van der Waals surface area contributed by atoms with Gasteiger partial charge in [-0.1, -0.05) is 18.2 Å². The van der Waals surface area contributed by atoms with E-state index in [1.54, 1.807) is 12.1 Å². The number of hydrogen-bond donors (Lipinski definition) is 1. The molecule has 3 atom stereocenters. The Balaban J connectivity index is 2.29. The number of carboxylic acid groups (broad SMARTS) is 1. The molecule has 1 aliphatic rings. The summed E-state index contributed by atoms with van der Waals surface area (Å²) in [5.74, 6) is 0.646. The van der Waals surface area contributed by atoms with Crippen LogP contribution in [-0.2, 0) is 14.3 Å². The molecular formula is C17H26NO6S+. The number of rotatable bonds is 5. The Morgan fingerprint density at radius 2 is 1.88 bits per heavy atom. The molecule has 7 nitrogen and oxygen atoms in total. The van der Waals surface area contributed by atoms with Gasteiger partial charge >= 0.3 is 6.09 Å². The van der Waals surface area contributed by atoms with E-state index in [2.05, 4.69) is 0 Å². The van der Waals surface area contributed by atoms with Crippen LogP contribution in [0.1, 0.15) is 27.2 Å². The molecular weight excluding hydrogens is 346 g/mol. The van der Waals surface area contributed by atoms with E-state index in [1.807, 2.05) is 39.0 Å². The smallest absolute Gasteiger partial charge is 0.487 e. The Hall–Kier alpha value is -1.64. The van der Waals surface area contributed by atoms with Crippen molar-refractivity contribution in [2.75, 3.05) is 19.4 Å². The first kappa shape index (κ1) is 19.7. The number of quaternary nitrogens is 1. The fourth-order valence-electron chi connectivity index (χ4n) is 3.59. The van der Waals surface area contributed by atoms with Crippen LogP contribution in [0.4, 0.5) is 4.79 Å². The van der Waals surface area contributed by atoms with E-state index >= 15 is 0 Å². The lowest BCUT2D eigenvalue weighted by atomic mass is 10.00. The monoisotopic (exact) mass is 372 g/mol. The molecule has 1 unspecified atom stereocenters. The van der Waals surface area contributed by atoms with Crippen molar-refractivity contribution in [2.45, 2.75) is 44.9 Å². The van der Waals surface area contributed by atoms with Gasteiger partial charge < -0.3 is 9.84 Å². The minimum atomic E-state index is -3.66. The van der Waals surface area contributed by atoms with Crippen LogP contribution in [0.15, 0.2) is 30.3 Å². The summed E-state index contributed by atoms with van der Waals surface area (Å²) in [6.45, 7) is 5.74. The Morgan fingerprint density at radius 1 is 1.28 bits per heavy atom. The van der Waals surface area contributed by atoms with Crippen LogP contribution >= 0.6 is 0 Å². The van der Waals surface area contributed by atoms with E-state index in [-0.39, 0.29) is 17.6 Å². The first-order chi connectivity index (χ1) is 11.5. The molecule has 25 heavy (non-hydrogen) atoms. The minimum absolute atomic E-state index is 0.0781. The standard InChI is InChI=1S/C17H25NO6S/c1-17(2,3)18(16(19)20)11-15(24-25(4,21)22)10-13(18)12-23-14-8-6-5-7-9-14/h5-9,13,15H,10-12H2,1-4H3/p+1/t13-,15+,18?/m1/s1. The highest BCUT2D eigenvalue weighted by molar-refractivity contribution is 7.86. The predicted molar refractivity (Wildman–Crippen MR) is 93.0 cm³/mol. The van der Waals surface area contributed by atoms with E-state index in [4.69, 9.17) is 8.92 Å². The zero-order valence-corrected chi connectivity index (χ0v) is 15.8. The van der Waals surface area contributed by atoms with Crippen molar-refractivity contribution in [3.63, 3.8) is 0 Å². The normalized spacial score (nSPS) is 27.2. The molecule has 1 aromatic rings. The zero-order valence-electron chi connectivity index (χ0n) is 15.0. The summed E-state index contributed by atoms with van der Waals surface area (Å²) < 4.78 is 33.6. The van der Waals surface area contributed by atoms with Gasteiger partial charge in [0.05, 0.1) is 6.26 Å². The highest BCUT2D eigenvalue weighted by atomic mass is 32.2. The molecule has 1 saturated heterocycles. The molecule has 2 rings (SSSR count). The number of amides is 1. The summed E-state index contributed by atoms with van der Waals surface area (Å²) in [7, 11) is -3.66. The van der Waals surface area contributed by atoms with E-state index in [9.17, 15) is 18.3 Å². The van der Waals surface area contributed by atoms with Gasteiger partial charge in [0, 0.05) is 6.42 Å². The van der Waals surface area contributed by atoms with Gasteiger partial charge in [-0.15, -0.1) is 0 Å². The molecule has 0 aromatic heterocycles. The fraction of sp³-hybridized carbons (Fsp3) is 0.588. The van der Waals surface area contributed by atoms with Crippen LogP contribution < -0.4 is 4.74 Å². The van der Waals surface area contributed by atoms with Crippen molar-refractivity contribution in [3.05, 3.63) is 30.3 Å². The molecule has 0 aliphatic carbocycles. The Morgan fingerprint density at radius 3 is 2.36 bits per heavy atom. The molecule has 1 aliphatic heterocycles. The van der Waals surface area contributed by atoms with Gasteiger partial charge in [-0.25, -0.2) is 4.48 Å². The number of likely N-dealkylation sites (tertiary alicyclic amines) is 1. The van der Waals surface area contributed by atoms with Crippen LogP contribution in [0.2, 0.25) is 0 Å². The largest absolute Gasteiger partial charge is 0.514 e. The molecule has 1 fully saturated rings. The second-order valence-corrected chi connectivity index (χ2v) is 9.04. The molecule has 8 heteroatoms. The second-order valence-electron chi connectivity index (χ2n) is 7.44. The highest BCUT2D eigenvalue weighted by Crippen LogP contribution is 2.39. The fourth-order valence-corrected chi connectivity index (χ4v) is 4.23. The minimum Gasteiger partial charge on any atom is -0.487 e. The van der Waals surface area contributed by atoms with Gasteiger partial charge in [-0.2, -0.15) is 13.2 Å². The Bertz CT molecular complexity index is 712. The summed E-state index contributed by atoms with van der Waals surface area (Å²) >= 11 is 0. The van der Waals surface area contributed by atoms with E-state index in [0.29, 0.717) is 12.2 Å². The number of carbonyl (C=O) groups is 1. The van der Waals surface area contributed by atoms with Crippen molar-refractivity contribution in [3.8, 4) is 5.75 Å². The summed E-state index contributed by atoms with van der Waals surface area (Å²) in [4.78, 5) is 12.2. The van der Waals surface area contributed by atoms with Gasteiger partial charge in [0.1, 0.15) is 36.6 Å². The maximum absolute atomic E-state index is 12.2. The Labute approximate surface area is 148 Å². The molecule has 1 N–H and O–H groups in total. The quantitative estimate of drug-likeness (QED) is 0.631. The number of hydrogen-bond acceptors (Lipinski definition) is 5. The van der Waals surface area contributed by atoms with E-state index in [1.165, 1.54) is 0 Å². The maximum Gasteiger partial charge on any atom is 0.514 e. The van der Waals surface area contributed by atoms with Gasteiger partial charge in [-0.05, 0) is 32.9 Å². The van der Waals surface area contributed by atoms with E-state index < -0.39 is 33.9 Å². The summed E-state index contributed by atoms with van der Waals surface area (Å²) in [6.07, 6.45) is -0.417. The lowest BCUT2D eigenvalue weighted by Gasteiger charge is -2.44. The highest BCUT2D eigenvalue weighted by Gasteiger charge is 2.60. The zero-order chi connectivity index (χ0) is 18.9. The van der Waals surface area contributed by atoms with Crippen molar-refractivity contribution >= 4 is 16.2 Å². The van der Waals surface area contributed by atoms with E-state index in [0.717, 1.165) is 6.26 Å². The number of benzene rings is 1. The first-order valence-corrected chi connectivity index (χ1v) is 9.95. The summed E-state index contributed by atoms with van der Waals surface area (Å²) in [5, 5.41) is 9.99. The van der Waals surface area contributed by atoms with Crippen molar-refractivity contribution in [2.24, 2.45) is 0 Å². The van der Waals surface area contributed by atoms with Crippen molar-refractivity contribution < 1.29 is 31.7 Å². The van der Waals surface area contributed by atoms with Crippen molar-refractivity contribution in [1.29, 1.82) is 0 Å². The van der Waals surface area contributed by atoms with Gasteiger partial charge in [0.15, 0.2) is 0 Å². The maximum atomic E-state index is 12.2. The predicted octanol–water partition coefficient (Wildman–Crippen LogP) is 2.48. The average Bonchev–Trinajstić information content (AvgIpc) is 2.83. The first-order valence-electron chi connectivity index (χ1n) is 8.13. The molecule has 1 amide bonds. The molecule has 1 heterocycles. The second kappa shape index (κ2) is 6.93. The third kappa shape index (κ3) is 4.31. The van der Waals surface area contributed by atoms with Crippen LogP contribution in [0.5, 0.6) is 5.75 Å². The molecule has 0 bridgehead atoms. The molecule has 0 spiro atoms. The van der Waals surface area contributed by atoms with Crippen LogP contribution in [0.3, 0.4) is 0 Å². The SMILES string of the molecule is CC(C)(C)[N+]1(C(=O)O)C[C@@H](OS(C)(=O)=O)C[C@@H]1COc1ccccc1. The van der Waals surface area contributed by atoms with Crippen LogP contribution in [-0.4, -0.2) is 61.2 Å². The molecule has 0 radical (unpaired) electrons. The molecule has 1 aromatic carbocycles. The number of para-hydroxylation sites is 1. The van der Waals surface area contributed by atoms with Crippen LogP contribution in [0.25, 0.3) is 0 Å². The van der Waals surface area contributed by atoms with Gasteiger partial charge in [-0.3, -0.25) is 4.18 Å². The lowest BCUT2D eigenvalue weighted by molar-refractivity contribution is -0.915. The summed E-state index contributed by atoms with van der Waals surface area (Å²) in [6, 6.07) is 8.71. The van der Waals surface area contributed by atoms with Gasteiger partial charge in [0.2, 0.25) is 0 Å².